The van der Waals surface area contributed by atoms with E-state index in [0.717, 1.165) is 0 Å². The molecule has 0 aliphatic rings. The summed E-state index contributed by atoms with van der Waals surface area (Å²) < 4.78 is 0. The van der Waals surface area contributed by atoms with Crippen LogP contribution in [0.5, 0.6) is 0 Å². The molecule has 68 valence electrons. The van der Waals surface area contributed by atoms with Crippen LogP contribution in [0.4, 0.5) is 0 Å². The molecule has 1 aromatic carbocycles. The Kier molecular flexibility index (Phi) is 3.89. The molecular formula is C10H17OP. The van der Waals surface area contributed by atoms with Gasteiger partial charge >= 0.3 is 0 Å². The average molecular weight is 184 g/mol. The molecule has 1 nitrogen and oxygen atoms in total. The van der Waals surface area contributed by atoms with Gasteiger partial charge in [0.15, 0.2) is 0 Å². The molecule has 2 heteroatoms. The maximum Gasteiger partial charge on any atom is 0.00439 e. The lowest BCUT2D eigenvalue weighted by atomic mass is 9.97. The van der Waals surface area contributed by atoms with Gasteiger partial charge in [-0.15, -0.1) is 9.24 Å². The van der Waals surface area contributed by atoms with E-state index < -0.39 is 0 Å². The molecule has 1 unspecified atom stereocenters. The Morgan fingerprint density at radius 3 is 2.00 bits per heavy atom. The van der Waals surface area contributed by atoms with E-state index in [2.05, 4.69) is 54.3 Å². The van der Waals surface area contributed by atoms with E-state index in [1.807, 2.05) is 0 Å². The summed E-state index contributed by atoms with van der Waals surface area (Å²) in [6, 6.07) is 8.51. The van der Waals surface area contributed by atoms with Gasteiger partial charge < -0.3 is 5.48 Å². The van der Waals surface area contributed by atoms with Crippen molar-refractivity contribution in [3.05, 3.63) is 35.4 Å². The standard InChI is InChI=1S/C10H15P.H2O/c1-8-6-4-5-7-9(8)10(2,3)11;/h4-7H,11H2,1-3H3;1H2. The second kappa shape index (κ2) is 4.02. The molecule has 0 fully saturated rings. The monoisotopic (exact) mass is 184 g/mol. The van der Waals surface area contributed by atoms with Gasteiger partial charge in [-0.1, -0.05) is 38.1 Å². The van der Waals surface area contributed by atoms with Gasteiger partial charge in [-0.25, -0.2) is 0 Å². The molecule has 0 heterocycles. The molecule has 0 radical (unpaired) electrons. The highest BCUT2D eigenvalue weighted by Gasteiger charge is 2.14. The highest BCUT2D eigenvalue weighted by atomic mass is 31.0. The van der Waals surface area contributed by atoms with E-state index in [9.17, 15) is 0 Å². The molecule has 0 aliphatic heterocycles. The van der Waals surface area contributed by atoms with Gasteiger partial charge in [0.1, 0.15) is 0 Å². The SMILES string of the molecule is Cc1ccccc1C(C)(C)P.O. The van der Waals surface area contributed by atoms with Crippen molar-refractivity contribution < 1.29 is 5.48 Å². The average Bonchev–Trinajstić information content (AvgIpc) is 1.86. The summed E-state index contributed by atoms with van der Waals surface area (Å²) in [5, 5.41) is 0.200. The maximum absolute atomic E-state index is 2.86. The first-order valence-corrected chi connectivity index (χ1v) is 4.44. The largest absolute Gasteiger partial charge is 0.412 e. The summed E-state index contributed by atoms with van der Waals surface area (Å²) in [6.45, 7) is 6.57. The molecule has 12 heavy (non-hydrogen) atoms. The number of rotatable bonds is 1. The van der Waals surface area contributed by atoms with Crippen molar-refractivity contribution in [2.24, 2.45) is 0 Å². The molecule has 0 saturated carbocycles. The van der Waals surface area contributed by atoms with Crippen LogP contribution in [0.15, 0.2) is 24.3 Å². The maximum atomic E-state index is 2.86. The van der Waals surface area contributed by atoms with Gasteiger partial charge in [-0.05, 0) is 18.1 Å². The normalized spacial score (nSPS) is 10.7. The first kappa shape index (κ1) is 11.6. The minimum absolute atomic E-state index is 0. The Balaban J connectivity index is 0.00000121. The summed E-state index contributed by atoms with van der Waals surface area (Å²) in [4.78, 5) is 0. The molecule has 0 aromatic heterocycles. The van der Waals surface area contributed by atoms with Crippen molar-refractivity contribution in [2.75, 3.05) is 0 Å². The minimum Gasteiger partial charge on any atom is -0.412 e. The number of hydrogen-bond donors (Lipinski definition) is 0. The van der Waals surface area contributed by atoms with Crippen LogP contribution in [-0.2, 0) is 5.16 Å². The lowest BCUT2D eigenvalue weighted by molar-refractivity contribution is 0.775. The van der Waals surface area contributed by atoms with E-state index in [0.29, 0.717) is 0 Å². The number of hydrogen-bond acceptors (Lipinski definition) is 0. The molecule has 0 spiro atoms. The third-order valence-electron chi connectivity index (χ3n) is 1.84. The number of benzene rings is 1. The molecule has 1 rings (SSSR count). The predicted octanol–water partition coefficient (Wildman–Crippen LogP) is 2.28. The van der Waals surface area contributed by atoms with Crippen LogP contribution >= 0.6 is 9.24 Å². The zero-order chi connectivity index (χ0) is 8.48. The second-order valence-electron chi connectivity index (χ2n) is 3.54. The fourth-order valence-electron chi connectivity index (χ4n) is 1.30. The van der Waals surface area contributed by atoms with Crippen LogP contribution in [0.2, 0.25) is 0 Å². The Morgan fingerprint density at radius 1 is 1.17 bits per heavy atom. The van der Waals surface area contributed by atoms with Crippen molar-refractivity contribution in [2.45, 2.75) is 25.9 Å². The summed E-state index contributed by atoms with van der Waals surface area (Å²) in [5.41, 5.74) is 2.78. The van der Waals surface area contributed by atoms with Crippen LogP contribution in [0, 0.1) is 6.92 Å². The van der Waals surface area contributed by atoms with Crippen LogP contribution in [0.25, 0.3) is 0 Å². The van der Waals surface area contributed by atoms with E-state index in [1.165, 1.54) is 11.1 Å². The van der Waals surface area contributed by atoms with Gasteiger partial charge in [0.05, 0.1) is 0 Å². The van der Waals surface area contributed by atoms with Gasteiger partial charge in [0.2, 0.25) is 0 Å². The molecule has 1 atom stereocenters. The topological polar surface area (TPSA) is 31.5 Å². The van der Waals surface area contributed by atoms with Crippen molar-refractivity contribution >= 4 is 9.24 Å². The molecule has 0 saturated heterocycles. The van der Waals surface area contributed by atoms with Crippen LogP contribution in [0.3, 0.4) is 0 Å². The highest BCUT2D eigenvalue weighted by Crippen LogP contribution is 2.31. The zero-order valence-electron chi connectivity index (χ0n) is 7.89. The third-order valence-corrected chi connectivity index (χ3v) is 2.15. The summed E-state index contributed by atoms with van der Waals surface area (Å²) in [7, 11) is 2.86. The van der Waals surface area contributed by atoms with Gasteiger partial charge in [-0.2, -0.15) is 0 Å². The molecule has 1 aromatic rings. The highest BCUT2D eigenvalue weighted by molar-refractivity contribution is 7.18. The van der Waals surface area contributed by atoms with Crippen molar-refractivity contribution in [3.63, 3.8) is 0 Å². The fourth-order valence-corrected chi connectivity index (χ4v) is 1.62. The van der Waals surface area contributed by atoms with E-state index in [-0.39, 0.29) is 10.6 Å². The number of aryl methyl sites for hydroxylation is 1. The Morgan fingerprint density at radius 2 is 1.67 bits per heavy atom. The smallest absolute Gasteiger partial charge is 0.00439 e. The Hall–Kier alpha value is -0.390. The van der Waals surface area contributed by atoms with Crippen LogP contribution < -0.4 is 0 Å². The minimum atomic E-state index is 0. The molecule has 2 N–H and O–H groups in total. The van der Waals surface area contributed by atoms with Crippen molar-refractivity contribution in [3.8, 4) is 0 Å². The summed E-state index contributed by atoms with van der Waals surface area (Å²) >= 11 is 0. The van der Waals surface area contributed by atoms with Crippen molar-refractivity contribution in [1.29, 1.82) is 0 Å². The van der Waals surface area contributed by atoms with E-state index in [4.69, 9.17) is 0 Å². The van der Waals surface area contributed by atoms with Gasteiger partial charge in [0, 0.05) is 5.16 Å². The van der Waals surface area contributed by atoms with Crippen LogP contribution in [-0.4, -0.2) is 5.48 Å². The second-order valence-corrected chi connectivity index (χ2v) is 4.98. The third kappa shape index (κ3) is 2.58. The lowest BCUT2D eigenvalue weighted by Crippen LogP contribution is -2.08. The van der Waals surface area contributed by atoms with E-state index >= 15 is 0 Å². The molecular weight excluding hydrogens is 167 g/mol. The fraction of sp³-hybridized carbons (Fsp3) is 0.400. The first-order valence-electron chi connectivity index (χ1n) is 3.87. The Bertz CT molecular complexity index is 250. The lowest BCUT2D eigenvalue weighted by Gasteiger charge is -2.20. The summed E-state index contributed by atoms with van der Waals surface area (Å²) in [6.07, 6.45) is 0. The first-order chi connectivity index (χ1) is 5.02. The molecule has 0 bridgehead atoms. The van der Waals surface area contributed by atoms with E-state index in [1.54, 1.807) is 0 Å². The molecule has 0 aliphatic carbocycles. The zero-order valence-corrected chi connectivity index (χ0v) is 9.04. The Labute approximate surface area is 76.7 Å². The van der Waals surface area contributed by atoms with Crippen molar-refractivity contribution in [1.82, 2.24) is 0 Å². The van der Waals surface area contributed by atoms with Gasteiger partial charge in [-0.3, -0.25) is 0 Å². The molecule has 0 amide bonds. The predicted molar refractivity (Wildman–Crippen MR) is 57.5 cm³/mol. The van der Waals surface area contributed by atoms with Gasteiger partial charge in [0.25, 0.3) is 0 Å². The summed E-state index contributed by atoms with van der Waals surface area (Å²) in [5.74, 6) is 0. The quantitative estimate of drug-likeness (QED) is 0.600. The van der Waals surface area contributed by atoms with Crippen LogP contribution in [0.1, 0.15) is 25.0 Å².